The number of ether oxygens (including phenoxy) is 2. The molecule has 2 fully saturated rings. The lowest BCUT2D eigenvalue weighted by atomic mass is 10.1. The van der Waals surface area contributed by atoms with E-state index in [9.17, 15) is 4.79 Å². The Morgan fingerprint density at radius 3 is 2.59 bits per heavy atom. The number of rotatable bonds is 5. The van der Waals surface area contributed by atoms with Crippen molar-refractivity contribution in [3.05, 3.63) is 46.3 Å². The van der Waals surface area contributed by atoms with Gasteiger partial charge in [-0.05, 0) is 55.4 Å². The summed E-state index contributed by atoms with van der Waals surface area (Å²) in [6.45, 7) is 6.09. The summed E-state index contributed by atoms with van der Waals surface area (Å²) in [6.07, 6.45) is 4.54. The zero-order valence-electron chi connectivity index (χ0n) is 15.9. The van der Waals surface area contributed by atoms with Crippen molar-refractivity contribution >= 4 is 17.2 Å². The van der Waals surface area contributed by atoms with Gasteiger partial charge in [0.1, 0.15) is 0 Å². The first-order valence-electron chi connectivity index (χ1n) is 9.89. The molecule has 0 bridgehead atoms. The molecule has 4 rings (SSSR count). The number of nitrogens with zero attached hydrogens (tertiary/aromatic N) is 1. The number of amides is 1. The van der Waals surface area contributed by atoms with Gasteiger partial charge in [0.15, 0.2) is 0 Å². The van der Waals surface area contributed by atoms with E-state index in [2.05, 4.69) is 30.3 Å². The minimum absolute atomic E-state index is 0.197. The Hall–Kier alpha value is -1.69. The summed E-state index contributed by atoms with van der Waals surface area (Å²) in [6, 6.07) is 10.7. The SMILES string of the molecule is Cc1cc(-c2ccc(COC3CCOCC3)cc2)sc1C(=O)N1CCCC1. The second-order valence-electron chi connectivity index (χ2n) is 7.44. The van der Waals surface area contributed by atoms with Crippen LogP contribution in [0.1, 0.15) is 46.5 Å². The molecule has 0 radical (unpaired) electrons. The van der Waals surface area contributed by atoms with Gasteiger partial charge in [0, 0.05) is 31.2 Å². The van der Waals surface area contributed by atoms with Crippen molar-refractivity contribution in [1.29, 1.82) is 0 Å². The van der Waals surface area contributed by atoms with E-state index in [1.165, 1.54) is 11.1 Å². The Kier molecular flexibility index (Phi) is 5.91. The van der Waals surface area contributed by atoms with E-state index in [1.54, 1.807) is 11.3 Å². The van der Waals surface area contributed by atoms with Gasteiger partial charge in [-0.2, -0.15) is 0 Å². The number of carbonyl (C=O) groups is 1. The molecule has 4 nitrogen and oxygen atoms in total. The molecule has 0 N–H and O–H groups in total. The Balaban J connectivity index is 1.41. The van der Waals surface area contributed by atoms with E-state index in [0.29, 0.717) is 12.7 Å². The van der Waals surface area contributed by atoms with Crippen LogP contribution in [0.15, 0.2) is 30.3 Å². The van der Waals surface area contributed by atoms with Gasteiger partial charge in [-0.15, -0.1) is 11.3 Å². The third-order valence-corrected chi connectivity index (χ3v) is 6.67. The van der Waals surface area contributed by atoms with Crippen LogP contribution in [0.25, 0.3) is 10.4 Å². The number of thiophene rings is 1. The second kappa shape index (κ2) is 8.55. The predicted molar refractivity (Wildman–Crippen MR) is 108 cm³/mol. The molecular formula is C22H27NO3S. The second-order valence-corrected chi connectivity index (χ2v) is 8.49. The number of hydrogen-bond acceptors (Lipinski definition) is 4. The fourth-order valence-electron chi connectivity index (χ4n) is 3.72. The van der Waals surface area contributed by atoms with Gasteiger partial charge in [-0.3, -0.25) is 4.79 Å². The highest BCUT2D eigenvalue weighted by Gasteiger charge is 2.23. The van der Waals surface area contributed by atoms with Crippen molar-refractivity contribution in [1.82, 2.24) is 4.90 Å². The molecule has 0 spiro atoms. The molecular weight excluding hydrogens is 358 g/mol. The molecule has 5 heteroatoms. The lowest BCUT2D eigenvalue weighted by Gasteiger charge is -2.22. The molecule has 2 aromatic rings. The summed E-state index contributed by atoms with van der Waals surface area (Å²) in [7, 11) is 0. The molecule has 0 aliphatic carbocycles. The summed E-state index contributed by atoms with van der Waals surface area (Å²) in [4.78, 5) is 16.7. The van der Waals surface area contributed by atoms with Crippen LogP contribution in [0.4, 0.5) is 0 Å². The molecule has 0 unspecified atom stereocenters. The standard InChI is InChI=1S/C22H27NO3S/c1-16-14-20(27-21(16)22(24)23-10-2-3-11-23)18-6-4-17(5-7-18)15-26-19-8-12-25-13-9-19/h4-7,14,19H,2-3,8-13,15H2,1H3. The summed E-state index contributed by atoms with van der Waals surface area (Å²) in [5, 5.41) is 0. The average Bonchev–Trinajstić information content (AvgIpc) is 3.37. The largest absolute Gasteiger partial charge is 0.381 e. The first-order chi connectivity index (χ1) is 13.2. The quantitative estimate of drug-likeness (QED) is 0.752. The van der Waals surface area contributed by atoms with Crippen LogP contribution in [0.3, 0.4) is 0 Å². The van der Waals surface area contributed by atoms with E-state index in [0.717, 1.165) is 67.3 Å². The predicted octanol–water partition coefficient (Wildman–Crippen LogP) is 4.66. The van der Waals surface area contributed by atoms with Crippen LogP contribution >= 0.6 is 11.3 Å². The lowest BCUT2D eigenvalue weighted by Crippen LogP contribution is -2.27. The van der Waals surface area contributed by atoms with Crippen LogP contribution in [-0.2, 0) is 16.1 Å². The molecule has 2 saturated heterocycles. The van der Waals surface area contributed by atoms with E-state index in [-0.39, 0.29) is 5.91 Å². The van der Waals surface area contributed by atoms with Gasteiger partial charge in [-0.25, -0.2) is 0 Å². The van der Waals surface area contributed by atoms with Gasteiger partial charge in [0.05, 0.1) is 17.6 Å². The number of carbonyl (C=O) groups excluding carboxylic acids is 1. The molecule has 2 aliphatic rings. The molecule has 1 amide bonds. The molecule has 1 aromatic heterocycles. The third-order valence-electron chi connectivity index (χ3n) is 5.40. The highest BCUT2D eigenvalue weighted by Crippen LogP contribution is 2.33. The topological polar surface area (TPSA) is 38.8 Å². The maximum atomic E-state index is 12.7. The van der Waals surface area contributed by atoms with Gasteiger partial charge in [-0.1, -0.05) is 24.3 Å². The van der Waals surface area contributed by atoms with Crippen molar-refractivity contribution < 1.29 is 14.3 Å². The number of benzene rings is 1. The van der Waals surface area contributed by atoms with Crippen LogP contribution in [-0.4, -0.2) is 43.2 Å². The Morgan fingerprint density at radius 1 is 1.19 bits per heavy atom. The molecule has 144 valence electrons. The smallest absolute Gasteiger partial charge is 0.264 e. The fourth-order valence-corrected chi connectivity index (χ4v) is 4.87. The van der Waals surface area contributed by atoms with E-state index >= 15 is 0 Å². The average molecular weight is 386 g/mol. The number of hydrogen-bond donors (Lipinski definition) is 0. The Morgan fingerprint density at radius 2 is 1.89 bits per heavy atom. The van der Waals surface area contributed by atoms with Crippen LogP contribution in [0.5, 0.6) is 0 Å². The highest BCUT2D eigenvalue weighted by atomic mass is 32.1. The first kappa shape index (κ1) is 18.7. The van der Waals surface area contributed by atoms with Gasteiger partial charge >= 0.3 is 0 Å². The fraction of sp³-hybridized carbons (Fsp3) is 0.500. The monoisotopic (exact) mass is 385 g/mol. The normalized spacial score (nSPS) is 18.2. The Bertz CT molecular complexity index is 771. The minimum atomic E-state index is 0.197. The maximum absolute atomic E-state index is 12.7. The number of aryl methyl sites for hydroxylation is 1. The van der Waals surface area contributed by atoms with Crippen molar-refractivity contribution in [2.45, 2.75) is 45.3 Å². The van der Waals surface area contributed by atoms with E-state index < -0.39 is 0 Å². The summed E-state index contributed by atoms with van der Waals surface area (Å²) in [5.41, 5.74) is 3.43. The molecule has 0 saturated carbocycles. The van der Waals surface area contributed by atoms with Crippen molar-refractivity contribution in [2.75, 3.05) is 26.3 Å². The van der Waals surface area contributed by atoms with Crippen molar-refractivity contribution in [3.8, 4) is 10.4 Å². The molecule has 2 aliphatic heterocycles. The van der Waals surface area contributed by atoms with Gasteiger partial charge < -0.3 is 14.4 Å². The molecule has 3 heterocycles. The van der Waals surface area contributed by atoms with E-state index in [1.807, 2.05) is 11.8 Å². The van der Waals surface area contributed by atoms with E-state index in [4.69, 9.17) is 9.47 Å². The van der Waals surface area contributed by atoms with Crippen LogP contribution < -0.4 is 0 Å². The summed E-state index contributed by atoms with van der Waals surface area (Å²) < 4.78 is 11.4. The molecule has 1 aromatic carbocycles. The minimum Gasteiger partial charge on any atom is -0.381 e. The van der Waals surface area contributed by atoms with Crippen LogP contribution in [0.2, 0.25) is 0 Å². The lowest BCUT2D eigenvalue weighted by molar-refractivity contribution is -0.0390. The molecule has 0 atom stereocenters. The van der Waals surface area contributed by atoms with Crippen LogP contribution in [0, 0.1) is 6.92 Å². The van der Waals surface area contributed by atoms with Crippen molar-refractivity contribution in [3.63, 3.8) is 0 Å². The zero-order valence-corrected chi connectivity index (χ0v) is 16.7. The highest BCUT2D eigenvalue weighted by molar-refractivity contribution is 7.17. The Labute approximate surface area is 165 Å². The zero-order chi connectivity index (χ0) is 18.6. The summed E-state index contributed by atoms with van der Waals surface area (Å²) in [5.74, 6) is 0.197. The number of likely N-dealkylation sites (tertiary alicyclic amines) is 1. The molecule has 27 heavy (non-hydrogen) atoms. The van der Waals surface area contributed by atoms with Gasteiger partial charge in [0.25, 0.3) is 5.91 Å². The van der Waals surface area contributed by atoms with Gasteiger partial charge in [0.2, 0.25) is 0 Å². The maximum Gasteiger partial charge on any atom is 0.264 e. The van der Waals surface area contributed by atoms with Crippen molar-refractivity contribution in [2.24, 2.45) is 0 Å². The summed E-state index contributed by atoms with van der Waals surface area (Å²) >= 11 is 1.61. The third kappa shape index (κ3) is 4.42. The first-order valence-corrected chi connectivity index (χ1v) is 10.7.